The zero-order valence-electron chi connectivity index (χ0n) is 11.6. The van der Waals surface area contributed by atoms with Crippen LogP contribution >= 0.6 is 0 Å². The van der Waals surface area contributed by atoms with Gasteiger partial charge >= 0.3 is 0 Å². The van der Waals surface area contributed by atoms with Gasteiger partial charge in [0.25, 0.3) is 5.91 Å². The third-order valence-corrected chi connectivity index (χ3v) is 2.91. The van der Waals surface area contributed by atoms with Gasteiger partial charge in [-0.1, -0.05) is 32.9 Å². The van der Waals surface area contributed by atoms with E-state index in [0.29, 0.717) is 26.3 Å². The van der Waals surface area contributed by atoms with Crippen molar-refractivity contribution in [3.8, 4) is 0 Å². The summed E-state index contributed by atoms with van der Waals surface area (Å²) >= 11 is 0. The van der Waals surface area contributed by atoms with Crippen LogP contribution in [0.5, 0.6) is 0 Å². The van der Waals surface area contributed by atoms with Crippen LogP contribution in [-0.2, 0) is 11.2 Å². The molecule has 1 heterocycles. The molecule has 100 valence electrons. The van der Waals surface area contributed by atoms with Gasteiger partial charge in [-0.05, 0) is 24.1 Å². The van der Waals surface area contributed by atoms with E-state index in [4.69, 9.17) is 4.74 Å². The van der Waals surface area contributed by atoms with Crippen LogP contribution in [0.25, 0.3) is 0 Å². The average Bonchev–Trinajstić information content (AvgIpc) is 2.49. The van der Waals surface area contributed by atoms with E-state index < -0.39 is 0 Å². The van der Waals surface area contributed by atoms with Crippen molar-refractivity contribution in [2.24, 2.45) is 0 Å². The van der Waals surface area contributed by atoms with Crippen molar-refractivity contribution in [2.45, 2.75) is 27.2 Å². The van der Waals surface area contributed by atoms with Crippen molar-refractivity contribution >= 4 is 5.91 Å². The number of rotatable bonds is 2. The fourth-order valence-electron chi connectivity index (χ4n) is 1.83. The molecule has 0 unspecified atom stereocenters. The molecule has 0 N–H and O–H groups in total. The first-order chi connectivity index (χ1) is 8.81. The maximum atomic E-state index is 12.1. The lowest BCUT2D eigenvalue weighted by Crippen LogP contribution is -2.40. The Bertz CT molecular complexity index is 353. The number of hydrogen-bond acceptors (Lipinski definition) is 2. The van der Waals surface area contributed by atoms with Crippen molar-refractivity contribution in [3.63, 3.8) is 0 Å². The number of benzene rings is 1. The van der Waals surface area contributed by atoms with Crippen molar-refractivity contribution in [3.05, 3.63) is 35.4 Å². The molecule has 0 spiro atoms. The van der Waals surface area contributed by atoms with E-state index in [1.807, 2.05) is 43.0 Å². The second-order valence-corrected chi connectivity index (χ2v) is 3.96. The molecule has 0 atom stereocenters. The molecule has 1 saturated heterocycles. The van der Waals surface area contributed by atoms with Crippen LogP contribution in [0.2, 0.25) is 0 Å². The molecule has 0 saturated carbocycles. The topological polar surface area (TPSA) is 29.5 Å². The Balaban J connectivity index is 0.000000771. The van der Waals surface area contributed by atoms with Gasteiger partial charge in [0.2, 0.25) is 0 Å². The average molecular weight is 249 g/mol. The minimum atomic E-state index is 0.117. The monoisotopic (exact) mass is 249 g/mol. The van der Waals surface area contributed by atoms with E-state index in [-0.39, 0.29) is 5.91 Å². The number of morpholine rings is 1. The normalized spacial score (nSPS) is 14.7. The molecule has 1 aliphatic heterocycles. The summed E-state index contributed by atoms with van der Waals surface area (Å²) in [7, 11) is 0. The maximum Gasteiger partial charge on any atom is 0.254 e. The van der Waals surface area contributed by atoms with E-state index in [1.54, 1.807) is 0 Å². The first-order valence-electron chi connectivity index (χ1n) is 6.77. The molecule has 18 heavy (non-hydrogen) atoms. The molecule has 0 radical (unpaired) electrons. The molecule has 2 rings (SSSR count). The number of carbonyl (C=O) groups is 1. The highest BCUT2D eigenvalue weighted by molar-refractivity contribution is 5.94. The quantitative estimate of drug-likeness (QED) is 0.806. The van der Waals surface area contributed by atoms with Crippen LogP contribution in [-0.4, -0.2) is 37.1 Å². The lowest BCUT2D eigenvalue weighted by Gasteiger charge is -2.26. The maximum absolute atomic E-state index is 12.1. The van der Waals surface area contributed by atoms with E-state index in [2.05, 4.69) is 6.92 Å². The molecule has 1 aromatic carbocycles. The highest BCUT2D eigenvalue weighted by Gasteiger charge is 2.17. The van der Waals surface area contributed by atoms with Crippen LogP contribution < -0.4 is 0 Å². The number of hydrogen-bond donors (Lipinski definition) is 0. The second kappa shape index (κ2) is 7.88. The Hall–Kier alpha value is -1.35. The lowest BCUT2D eigenvalue weighted by atomic mass is 10.1. The molecule has 0 aromatic heterocycles. The smallest absolute Gasteiger partial charge is 0.254 e. The second-order valence-electron chi connectivity index (χ2n) is 3.96. The van der Waals surface area contributed by atoms with E-state index in [9.17, 15) is 4.79 Å². The van der Waals surface area contributed by atoms with E-state index >= 15 is 0 Å². The number of amides is 1. The molecule has 1 fully saturated rings. The van der Waals surface area contributed by atoms with E-state index in [1.165, 1.54) is 5.56 Å². The van der Waals surface area contributed by atoms with Crippen molar-refractivity contribution < 1.29 is 9.53 Å². The predicted molar refractivity (Wildman–Crippen MR) is 73.9 cm³/mol. The molecule has 1 amide bonds. The Morgan fingerprint density at radius 3 is 2.22 bits per heavy atom. The van der Waals surface area contributed by atoms with Gasteiger partial charge in [-0.2, -0.15) is 0 Å². The van der Waals surface area contributed by atoms with Gasteiger partial charge in [0.1, 0.15) is 0 Å². The van der Waals surface area contributed by atoms with E-state index in [0.717, 1.165) is 12.0 Å². The van der Waals surface area contributed by atoms with Gasteiger partial charge in [-0.15, -0.1) is 0 Å². The minimum Gasteiger partial charge on any atom is -0.378 e. The van der Waals surface area contributed by atoms with Crippen molar-refractivity contribution in [1.82, 2.24) is 4.90 Å². The summed E-state index contributed by atoms with van der Waals surface area (Å²) in [6.45, 7) is 8.82. The van der Waals surface area contributed by atoms with Crippen LogP contribution in [0.3, 0.4) is 0 Å². The first-order valence-corrected chi connectivity index (χ1v) is 6.77. The Kier molecular flexibility index (Phi) is 6.44. The van der Waals surface area contributed by atoms with Gasteiger partial charge in [-0.3, -0.25) is 4.79 Å². The molecular formula is C15H23NO2. The van der Waals surface area contributed by atoms with Gasteiger partial charge in [0, 0.05) is 18.7 Å². The molecule has 3 nitrogen and oxygen atoms in total. The Morgan fingerprint density at radius 1 is 1.17 bits per heavy atom. The highest BCUT2D eigenvalue weighted by Crippen LogP contribution is 2.09. The van der Waals surface area contributed by atoms with Gasteiger partial charge < -0.3 is 9.64 Å². The molecule has 0 bridgehead atoms. The first kappa shape index (κ1) is 14.7. The summed E-state index contributed by atoms with van der Waals surface area (Å²) in [6.07, 6.45) is 1.01. The molecule has 3 heteroatoms. The lowest BCUT2D eigenvalue weighted by molar-refractivity contribution is 0.0303. The zero-order chi connectivity index (χ0) is 13.4. The molecule has 1 aromatic rings. The summed E-state index contributed by atoms with van der Waals surface area (Å²) < 4.78 is 5.23. The van der Waals surface area contributed by atoms with Crippen molar-refractivity contribution in [1.29, 1.82) is 0 Å². The minimum absolute atomic E-state index is 0.117. The number of nitrogens with zero attached hydrogens (tertiary/aromatic N) is 1. The van der Waals surface area contributed by atoms with Gasteiger partial charge in [0.15, 0.2) is 0 Å². The fraction of sp³-hybridized carbons (Fsp3) is 0.533. The third kappa shape index (κ3) is 3.84. The Morgan fingerprint density at radius 2 is 1.72 bits per heavy atom. The summed E-state index contributed by atoms with van der Waals surface area (Å²) in [5.74, 6) is 0.117. The fourth-order valence-corrected chi connectivity index (χ4v) is 1.83. The Labute approximate surface area is 110 Å². The number of aryl methyl sites for hydroxylation is 1. The predicted octanol–water partition coefficient (Wildman–Crippen LogP) is 2.75. The van der Waals surface area contributed by atoms with Gasteiger partial charge in [-0.25, -0.2) is 0 Å². The van der Waals surface area contributed by atoms with Crippen LogP contribution in [0.1, 0.15) is 36.7 Å². The van der Waals surface area contributed by atoms with Crippen molar-refractivity contribution in [2.75, 3.05) is 26.3 Å². The number of ether oxygens (including phenoxy) is 1. The summed E-state index contributed by atoms with van der Waals surface area (Å²) in [4.78, 5) is 13.9. The SMILES string of the molecule is CC.CCc1ccc(C(=O)N2CCOCC2)cc1. The van der Waals surface area contributed by atoms with Crippen LogP contribution in [0.15, 0.2) is 24.3 Å². The molecular weight excluding hydrogens is 226 g/mol. The molecule has 1 aliphatic rings. The summed E-state index contributed by atoms with van der Waals surface area (Å²) in [5.41, 5.74) is 2.04. The zero-order valence-corrected chi connectivity index (χ0v) is 11.6. The number of carbonyl (C=O) groups excluding carboxylic acids is 1. The summed E-state index contributed by atoms with van der Waals surface area (Å²) in [6, 6.07) is 7.87. The van der Waals surface area contributed by atoms with Crippen LogP contribution in [0.4, 0.5) is 0 Å². The van der Waals surface area contributed by atoms with Gasteiger partial charge in [0.05, 0.1) is 13.2 Å². The largest absolute Gasteiger partial charge is 0.378 e. The van der Waals surface area contributed by atoms with Crippen LogP contribution in [0, 0.1) is 0 Å². The highest BCUT2D eigenvalue weighted by atomic mass is 16.5. The molecule has 0 aliphatic carbocycles. The summed E-state index contributed by atoms with van der Waals surface area (Å²) in [5, 5.41) is 0. The third-order valence-electron chi connectivity index (χ3n) is 2.91. The standard InChI is InChI=1S/C13H17NO2.C2H6/c1-2-11-3-5-12(6-4-11)13(15)14-7-9-16-10-8-14;1-2/h3-6H,2,7-10H2,1H3;1-2H3.